The second kappa shape index (κ2) is 5.74. The summed E-state index contributed by atoms with van der Waals surface area (Å²) in [5.41, 5.74) is 2.34. The molecule has 0 radical (unpaired) electrons. The molecule has 3 rings (SSSR count). The topological polar surface area (TPSA) is 46.9 Å². The summed E-state index contributed by atoms with van der Waals surface area (Å²) >= 11 is 12.1. The van der Waals surface area contributed by atoms with E-state index in [2.05, 4.69) is 10.4 Å². The van der Waals surface area contributed by atoms with Gasteiger partial charge in [0, 0.05) is 0 Å². The Kier molecular flexibility index (Phi) is 4.12. The number of aromatic nitrogens is 2. The number of benzene rings is 1. The highest BCUT2D eigenvalue weighted by Crippen LogP contribution is 2.64. The Hall–Kier alpha value is -1.59. The van der Waals surface area contributed by atoms with Gasteiger partial charge in [0.05, 0.1) is 29.0 Å². The standard InChI is InChI=1S/C17H18Cl2FN3O/c1-10-14(21-15(24)16(3)9-17(16,18)19)11(2)23(22-10)8-12-4-6-13(20)7-5-12/h4-7H,8-9H2,1-3H3,(H,21,24)/t16-/m0/s1. The minimum atomic E-state index is -1.01. The van der Waals surface area contributed by atoms with Crippen LogP contribution in [0, 0.1) is 25.1 Å². The van der Waals surface area contributed by atoms with E-state index in [9.17, 15) is 9.18 Å². The van der Waals surface area contributed by atoms with Crippen molar-refractivity contribution in [3.8, 4) is 0 Å². The third kappa shape index (κ3) is 2.91. The van der Waals surface area contributed by atoms with E-state index in [4.69, 9.17) is 23.2 Å². The lowest BCUT2D eigenvalue weighted by molar-refractivity contribution is -0.120. The van der Waals surface area contributed by atoms with Crippen LogP contribution in [0.1, 0.15) is 30.3 Å². The van der Waals surface area contributed by atoms with Gasteiger partial charge in [0.25, 0.3) is 0 Å². The van der Waals surface area contributed by atoms with Crippen LogP contribution >= 0.6 is 23.2 Å². The van der Waals surface area contributed by atoms with Crippen molar-refractivity contribution >= 4 is 34.8 Å². The summed E-state index contributed by atoms with van der Waals surface area (Å²) in [6.07, 6.45) is 0.427. The zero-order valence-corrected chi connectivity index (χ0v) is 15.2. The van der Waals surface area contributed by atoms with Crippen LogP contribution < -0.4 is 5.32 Å². The van der Waals surface area contributed by atoms with Crippen LogP contribution in [0.15, 0.2) is 24.3 Å². The number of carbonyl (C=O) groups is 1. The van der Waals surface area contributed by atoms with Gasteiger partial charge in [-0.05, 0) is 44.9 Å². The minimum absolute atomic E-state index is 0.208. The SMILES string of the molecule is Cc1nn(Cc2ccc(F)cc2)c(C)c1NC(=O)[C@]1(C)CC1(Cl)Cl. The molecular formula is C17H18Cl2FN3O. The monoisotopic (exact) mass is 369 g/mol. The van der Waals surface area contributed by atoms with Crippen LogP contribution in [0.5, 0.6) is 0 Å². The molecule has 2 aromatic rings. The van der Waals surface area contributed by atoms with Gasteiger partial charge < -0.3 is 5.32 Å². The van der Waals surface area contributed by atoms with E-state index in [1.54, 1.807) is 23.7 Å². The molecule has 1 fully saturated rings. The minimum Gasteiger partial charge on any atom is -0.322 e. The molecule has 1 aliphatic rings. The molecule has 1 N–H and O–H groups in total. The maximum Gasteiger partial charge on any atom is 0.233 e. The van der Waals surface area contributed by atoms with E-state index in [1.807, 2.05) is 13.8 Å². The number of rotatable bonds is 4. The van der Waals surface area contributed by atoms with Crippen LogP contribution in [0.2, 0.25) is 0 Å². The van der Waals surface area contributed by atoms with Crippen molar-refractivity contribution in [1.82, 2.24) is 9.78 Å². The molecule has 0 aliphatic heterocycles. The van der Waals surface area contributed by atoms with Crippen molar-refractivity contribution < 1.29 is 9.18 Å². The highest BCUT2D eigenvalue weighted by atomic mass is 35.5. The summed E-state index contributed by atoms with van der Waals surface area (Å²) in [5, 5.41) is 7.36. The molecule has 0 saturated heterocycles. The first kappa shape index (κ1) is 17.2. The number of carbonyl (C=O) groups excluding carboxylic acids is 1. The fourth-order valence-corrected chi connectivity index (χ4v) is 3.40. The van der Waals surface area contributed by atoms with Gasteiger partial charge in [-0.25, -0.2) is 4.39 Å². The van der Waals surface area contributed by atoms with Crippen LogP contribution in [-0.2, 0) is 11.3 Å². The molecule has 1 aromatic carbocycles. The second-order valence-electron chi connectivity index (χ2n) is 6.50. The summed E-state index contributed by atoms with van der Waals surface area (Å²) in [6, 6.07) is 6.26. The maximum atomic E-state index is 13.0. The Labute approximate surface area is 149 Å². The molecule has 4 nitrogen and oxygen atoms in total. The lowest BCUT2D eigenvalue weighted by atomic mass is 10.1. The van der Waals surface area contributed by atoms with E-state index in [-0.39, 0.29) is 11.7 Å². The third-order valence-corrected chi connectivity index (χ3v) is 5.73. The summed E-state index contributed by atoms with van der Waals surface area (Å²) in [4.78, 5) is 12.5. The number of nitrogens with one attached hydrogen (secondary N) is 1. The molecule has 0 unspecified atom stereocenters. The van der Waals surface area contributed by atoms with Gasteiger partial charge in [0.15, 0.2) is 0 Å². The number of alkyl halides is 2. The number of nitrogens with zero attached hydrogens (tertiary/aromatic N) is 2. The predicted molar refractivity (Wildman–Crippen MR) is 93.0 cm³/mol. The van der Waals surface area contributed by atoms with Crippen LogP contribution in [0.3, 0.4) is 0 Å². The summed E-state index contributed by atoms with van der Waals surface area (Å²) in [5.74, 6) is -0.483. The number of amides is 1. The van der Waals surface area contributed by atoms with Crippen LogP contribution in [-0.4, -0.2) is 20.0 Å². The number of halogens is 3. The molecule has 0 bridgehead atoms. The van der Waals surface area contributed by atoms with E-state index >= 15 is 0 Å². The Morgan fingerprint density at radius 2 is 1.92 bits per heavy atom. The van der Waals surface area contributed by atoms with Crippen molar-refractivity contribution in [1.29, 1.82) is 0 Å². The largest absolute Gasteiger partial charge is 0.322 e. The first-order valence-electron chi connectivity index (χ1n) is 7.62. The maximum absolute atomic E-state index is 13.0. The van der Waals surface area contributed by atoms with Gasteiger partial charge in [-0.1, -0.05) is 12.1 Å². The average molecular weight is 370 g/mol. The molecule has 1 heterocycles. The number of anilines is 1. The van der Waals surface area contributed by atoms with E-state index < -0.39 is 9.75 Å². The quantitative estimate of drug-likeness (QED) is 0.820. The summed E-state index contributed by atoms with van der Waals surface area (Å²) < 4.78 is 13.8. The highest BCUT2D eigenvalue weighted by Gasteiger charge is 2.68. The molecule has 1 aliphatic carbocycles. The fraction of sp³-hybridized carbons (Fsp3) is 0.412. The van der Waals surface area contributed by atoms with E-state index in [0.717, 1.165) is 11.3 Å². The Morgan fingerprint density at radius 1 is 1.33 bits per heavy atom. The summed E-state index contributed by atoms with van der Waals surface area (Å²) in [6.45, 7) is 5.95. The fourth-order valence-electron chi connectivity index (χ4n) is 2.69. The van der Waals surface area contributed by atoms with Crippen molar-refractivity contribution in [2.45, 2.75) is 38.1 Å². The molecule has 128 valence electrons. The zero-order chi connectivity index (χ0) is 17.7. The van der Waals surface area contributed by atoms with Gasteiger partial charge in [0.1, 0.15) is 10.2 Å². The normalized spacial score (nSPS) is 21.6. The van der Waals surface area contributed by atoms with Gasteiger partial charge in [-0.2, -0.15) is 5.10 Å². The van der Waals surface area contributed by atoms with Gasteiger partial charge in [-0.15, -0.1) is 23.2 Å². The van der Waals surface area contributed by atoms with E-state index in [1.165, 1.54) is 12.1 Å². The first-order chi connectivity index (χ1) is 11.1. The third-order valence-electron chi connectivity index (χ3n) is 4.62. The smallest absolute Gasteiger partial charge is 0.233 e. The molecule has 0 spiro atoms. The van der Waals surface area contributed by atoms with Crippen molar-refractivity contribution in [3.63, 3.8) is 0 Å². The number of aryl methyl sites for hydroxylation is 1. The zero-order valence-electron chi connectivity index (χ0n) is 13.7. The number of hydrogen-bond donors (Lipinski definition) is 1. The van der Waals surface area contributed by atoms with Gasteiger partial charge in [-0.3, -0.25) is 9.48 Å². The highest BCUT2D eigenvalue weighted by molar-refractivity contribution is 6.53. The molecule has 1 saturated carbocycles. The molecule has 1 atom stereocenters. The summed E-state index contributed by atoms with van der Waals surface area (Å²) in [7, 11) is 0. The molecule has 24 heavy (non-hydrogen) atoms. The second-order valence-corrected chi connectivity index (χ2v) is 7.98. The first-order valence-corrected chi connectivity index (χ1v) is 8.37. The van der Waals surface area contributed by atoms with E-state index in [0.29, 0.717) is 24.3 Å². The van der Waals surface area contributed by atoms with Gasteiger partial charge >= 0.3 is 0 Å². The average Bonchev–Trinajstić information content (AvgIpc) is 2.93. The molecule has 7 heteroatoms. The molecule has 1 aromatic heterocycles. The van der Waals surface area contributed by atoms with Crippen molar-refractivity contribution in [3.05, 3.63) is 47.0 Å². The lowest BCUT2D eigenvalue weighted by Crippen LogP contribution is -2.26. The Bertz CT molecular complexity index is 801. The van der Waals surface area contributed by atoms with Crippen LogP contribution in [0.4, 0.5) is 10.1 Å². The van der Waals surface area contributed by atoms with Crippen molar-refractivity contribution in [2.24, 2.45) is 5.41 Å². The number of hydrogen-bond acceptors (Lipinski definition) is 2. The molecule has 1 amide bonds. The van der Waals surface area contributed by atoms with Crippen molar-refractivity contribution in [2.75, 3.05) is 5.32 Å². The van der Waals surface area contributed by atoms with Gasteiger partial charge in [0.2, 0.25) is 5.91 Å². The Morgan fingerprint density at radius 3 is 2.46 bits per heavy atom. The molecular weight excluding hydrogens is 352 g/mol. The Balaban J connectivity index is 1.79. The predicted octanol–water partition coefficient (Wildman–Crippen LogP) is 4.21. The lowest BCUT2D eigenvalue weighted by Gasteiger charge is -2.13. The van der Waals surface area contributed by atoms with Crippen LogP contribution in [0.25, 0.3) is 0 Å².